The molecule has 0 saturated carbocycles. The zero-order chi connectivity index (χ0) is 22.8. The number of anilines is 1. The molecular weight excluding hydrogens is 442 g/mol. The van der Waals surface area contributed by atoms with E-state index in [-0.39, 0.29) is 16.6 Å². The van der Waals surface area contributed by atoms with Gasteiger partial charge in [-0.1, -0.05) is 31.2 Å². The van der Waals surface area contributed by atoms with Crippen molar-refractivity contribution in [3.8, 4) is 5.75 Å². The number of thiocarbonyl (C=S) groups is 1. The Hall–Kier alpha value is -3.02. The van der Waals surface area contributed by atoms with Gasteiger partial charge in [0.2, 0.25) is 5.88 Å². The maximum atomic E-state index is 12.6. The lowest BCUT2D eigenvalue weighted by atomic mass is 10.1. The lowest BCUT2D eigenvalue weighted by molar-refractivity contribution is -0.133. The fraction of sp³-hybridized carbons (Fsp3) is 0.250. The Morgan fingerprint density at radius 1 is 1.10 bits per heavy atom. The molecule has 2 aliphatic heterocycles. The van der Waals surface area contributed by atoms with Gasteiger partial charge in [0.25, 0.3) is 21.9 Å². The van der Waals surface area contributed by atoms with E-state index < -0.39 is 27.8 Å². The molecule has 31 heavy (non-hydrogen) atoms. The van der Waals surface area contributed by atoms with Crippen molar-refractivity contribution in [2.24, 2.45) is 0 Å². The van der Waals surface area contributed by atoms with E-state index >= 15 is 0 Å². The third kappa shape index (κ3) is 4.84. The molecule has 0 bridgehead atoms. The molecule has 0 aromatic heterocycles. The zero-order valence-corrected chi connectivity index (χ0v) is 18.5. The largest absolute Gasteiger partial charge is 0.439 e. The minimum atomic E-state index is -4.31. The van der Waals surface area contributed by atoms with Crippen molar-refractivity contribution in [1.29, 1.82) is 0 Å². The summed E-state index contributed by atoms with van der Waals surface area (Å²) in [4.78, 5) is 29.0. The van der Waals surface area contributed by atoms with E-state index in [0.717, 1.165) is 0 Å². The van der Waals surface area contributed by atoms with Gasteiger partial charge < -0.3 is 4.74 Å². The summed E-state index contributed by atoms with van der Waals surface area (Å²) in [6.07, 6.45) is 6.51. The third-order valence-electron chi connectivity index (χ3n) is 4.52. The first-order valence-electron chi connectivity index (χ1n) is 9.36. The predicted octanol–water partition coefficient (Wildman–Crippen LogP) is 2.05. The summed E-state index contributed by atoms with van der Waals surface area (Å²) in [7, 11) is -2.80. The summed E-state index contributed by atoms with van der Waals surface area (Å²) >= 11 is 5.18. The average Bonchev–Trinajstić information content (AvgIpc) is 3.05. The van der Waals surface area contributed by atoms with Gasteiger partial charge >= 0.3 is 0 Å². The van der Waals surface area contributed by atoms with Crippen LogP contribution in [0.2, 0.25) is 0 Å². The number of fused-ring (bicyclic) bond motifs is 1. The average molecular weight is 464 g/mol. The molecule has 3 rings (SSSR count). The molecule has 1 aromatic rings. The van der Waals surface area contributed by atoms with Gasteiger partial charge in [-0.05, 0) is 42.9 Å². The van der Waals surface area contributed by atoms with Crippen LogP contribution in [0.5, 0.6) is 5.75 Å². The molecular formula is C20H21N3O6S2. The van der Waals surface area contributed by atoms with E-state index in [1.54, 1.807) is 24.3 Å². The van der Waals surface area contributed by atoms with E-state index in [0.29, 0.717) is 24.4 Å². The third-order valence-corrected chi connectivity index (χ3v) is 5.60. The Morgan fingerprint density at radius 3 is 2.45 bits per heavy atom. The normalized spacial score (nSPS) is 19.7. The van der Waals surface area contributed by atoms with E-state index in [9.17, 15) is 22.6 Å². The molecule has 0 aliphatic carbocycles. The van der Waals surface area contributed by atoms with Crippen molar-refractivity contribution < 1.29 is 27.3 Å². The Balaban J connectivity index is 1.85. The van der Waals surface area contributed by atoms with Gasteiger partial charge in [0, 0.05) is 13.6 Å². The summed E-state index contributed by atoms with van der Waals surface area (Å²) in [5.41, 5.74) is 0.450. The predicted molar refractivity (Wildman–Crippen MR) is 119 cm³/mol. The van der Waals surface area contributed by atoms with Crippen molar-refractivity contribution in [3.05, 3.63) is 60.0 Å². The fourth-order valence-electron chi connectivity index (χ4n) is 3.10. The molecule has 11 heteroatoms. The van der Waals surface area contributed by atoms with Crippen molar-refractivity contribution in [3.63, 3.8) is 0 Å². The summed E-state index contributed by atoms with van der Waals surface area (Å²) in [5, 5.41) is 0.165. The van der Waals surface area contributed by atoms with Crippen LogP contribution in [0, 0.1) is 0 Å². The van der Waals surface area contributed by atoms with Crippen LogP contribution in [0.15, 0.2) is 60.0 Å². The van der Waals surface area contributed by atoms with Crippen LogP contribution in [0.3, 0.4) is 0 Å². The van der Waals surface area contributed by atoms with Crippen LogP contribution in [0.4, 0.5) is 5.69 Å². The highest BCUT2D eigenvalue weighted by Crippen LogP contribution is 2.38. The monoisotopic (exact) mass is 463 g/mol. The number of carbonyl (C=O) groups is 2. The van der Waals surface area contributed by atoms with Gasteiger partial charge in [-0.2, -0.15) is 8.42 Å². The van der Waals surface area contributed by atoms with Crippen LogP contribution < -0.4 is 9.64 Å². The standard InChI is InChI=1S/C20H21N3O6S2/c1-3-12-22-19(25)14(18(24)21(2)20(22)30)8-4-7-11-17-23(13-31(26,27)28)15-9-5-6-10-16(15)29-17/h4-11H,3,12-13H2,1-2H3,(H,26,27,28)/b7-4-,14-8+,17-11+. The summed E-state index contributed by atoms with van der Waals surface area (Å²) in [6.45, 7) is 2.30. The maximum Gasteiger partial charge on any atom is 0.283 e. The second-order valence-electron chi connectivity index (χ2n) is 6.78. The molecule has 1 aromatic carbocycles. The van der Waals surface area contributed by atoms with Gasteiger partial charge in [-0.3, -0.25) is 28.8 Å². The zero-order valence-electron chi connectivity index (χ0n) is 16.9. The molecule has 2 heterocycles. The molecule has 0 spiro atoms. The first-order valence-corrected chi connectivity index (χ1v) is 11.4. The minimum absolute atomic E-state index is 0.0374. The number of allylic oxidation sites excluding steroid dienone is 4. The quantitative estimate of drug-likeness (QED) is 0.296. The number of benzene rings is 1. The smallest absolute Gasteiger partial charge is 0.283 e. The number of ether oxygens (including phenoxy) is 1. The molecule has 0 radical (unpaired) electrons. The van der Waals surface area contributed by atoms with Gasteiger partial charge in [-0.15, -0.1) is 0 Å². The summed E-state index contributed by atoms with van der Waals surface area (Å²) < 4.78 is 37.7. The number of para-hydroxylation sites is 2. The number of hydrogen-bond donors (Lipinski definition) is 1. The van der Waals surface area contributed by atoms with Crippen molar-refractivity contribution in [2.75, 3.05) is 24.4 Å². The van der Waals surface area contributed by atoms with Gasteiger partial charge in [0.1, 0.15) is 5.57 Å². The Morgan fingerprint density at radius 2 is 1.77 bits per heavy atom. The topological polar surface area (TPSA) is 107 Å². The Kier molecular flexibility index (Phi) is 6.58. The van der Waals surface area contributed by atoms with Crippen molar-refractivity contribution >= 4 is 45.0 Å². The SMILES string of the molecule is CCCN1C(=O)/C(=C/C=C\C=C2\Oc3ccccc3N2CS(=O)(=O)O)C(=O)N(C)C1=S. The van der Waals surface area contributed by atoms with Crippen LogP contribution in [-0.2, 0) is 19.7 Å². The number of nitrogens with zero attached hydrogens (tertiary/aromatic N) is 3. The van der Waals surface area contributed by atoms with E-state index in [2.05, 4.69) is 0 Å². The lowest BCUT2D eigenvalue weighted by Crippen LogP contribution is -2.54. The number of rotatable bonds is 6. The highest BCUT2D eigenvalue weighted by Gasteiger charge is 2.36. The molecule has 1 saturated heterocycles. The second kappa shape index (κ2) is 9.00. The molecule has 2 amide bonds. The maximum absolute atomic E-state index is 12.6. The van der Waals surface area contributed by atoms with Crippen LogP contribution in [0.1, 0.15) is 13.3 Å². The first-order chi connectivity index (χ1) is 14.6. The highest BCUT2D eigenvalue weighted by atomic mass is 32.2. The van der Waals surface area contributed by atoms with Crippen molar-refractivity contribution in [2.45, 2.75) is 13.3 Å². The molecule has 0 atom stereocenters. The Bertz CT molecular complexity index is 1120. The van der Waals surface area contributed by atoms with E-state index in [1.165, 1.54) is 46.1 Å². The summed E-state index contributed by atoms with van der Waals surface area (Å²) in [5.74, 6) is -1.05. The van der Waals surface area contributed by atoms with Crippen LogP contribution in [0.25, 0.3) is 0 Å². The first kappa shape index (κ1) is 22.7. The summed E-state index contributed by atoms with van der Waals surface area (Å²) in [6, 6.07) is 6.77. The lowest BCUT2D eigenvalue weighted by Gasteiger charge is -2.34. The molecule has 2 aliphatic rings. The fourth-order valence-corrected chi connectivity index (χ4v) is 3.95. The number of carbonyl (C=O) groups excluding carboxylic acids is 2. The van der Waals surface area contributed by atoms with Gasteiger partial charge in [0.15, 0.2) is 16.7 Å². The van der Waals surface area contributed by atoms with Crippen LogP contribution >= 0.6 is 12.2 Å². The number of likely N-dealkylation sites (N-methyl/N-ethyl adjacent to an activating group) is 1. The van der Waals surface area contributed by atoms with Gasteiger partial charge in [-0.25, -0.2) is 0 Å². The van der Waals surface area contributed by atoms with E-state index in [1.807, 2.05) is 6.92 Å². The van der Waals surface area contributed by atoms with Gasteiger partial charge in [0.05, 0.1) is 5.69 Å². The number of amides is 2. The Labute approximate surface area is 185 Å². The van der Waals surface area contributed by atoms with E-state index in [4.69, 9.17) is 17.0 Å². The molecule has 1 N–H and O–H groups in total. The minimum Gasteiger partial charge on any atom is -0.439 e. The van der Waals surface area contributed by atoms with Crippen LogP contribution in [-0.4, -0.2) is 59.2 Å². The molecule has 0 unspecified atom stereocenters. The molecule has 164 valence electrons. The molecule has 1 fully saturated rings. The highest BCUT2D eigenvalue weighted by molar-refractivity contribution is 7.85. The van der Waals surface area contributed by atoms with Crippen molar-refractivity contribution in [1.82, 2.24) is 9.80 Å². The second-order valence-corrected chi connectivity index (χ2v) is 8.57. The molecule has 9 nitrogen and oxygen atoms in total. The number of hydrogen-bond acceptors (Lipinski definition) is 7.